The zero-order valence-electron chi connectivity index (χ0n) is 15.9. The van der Waals surface area contributed by atoms with Crippen molar-refractivity contribution in [3.63, 3.8) is 0 Å². The van der Waals surface area contributed by atoms with Gasteiger partial charge in [-0.25, -0.2) is 4.79 Å². The molecule has 0 aliphatic rings. The van der Waals surface area contributed by atoms with Crippen LogP contribution in [0.15, 0.2) is 53.9 Å². The van der Waals surface area contributed by atoms with Gasteiger partial charge in [-0.15, -0.1) is 11.3 Å². The van der Waals surface area contributed by atoms with E-state index in [1.807, 2.05) is 42.6 Å². The van der Waals surface area contributed by atoms with Crippen molar-refractivity contribution in [3.8, 4) is 22.6 Å². The standard InChI is InChI=1S/C22H20O5S/c1-14-4-6-15(7-5-14)17-10-11-28-21(17)22(24)27-13-18(23)16-8-9-19(25-2)20(12-16)26-3/h4-12H,13H2,1-3H3. The minimum Gasteiger partial charge on any atom is -0.493 e. The van der Waals surface area contributed by atoms with Crippen LogP contribution >= 0.6 is 11.3 Å². The lowest BCUT2D eigenvalue weighted by Gasteiger charge is -2.09. The zero-order valence-corrected chi connectivity index (χ0v) is 16.7. The maximum atomic E-state index is 12.5. The van der Waals surface area contributed by atoms with E-state index >= 15 is 0 Å². The minimum absolute atomic E-state index is 0.317. The third-order valence-electron chi connectivity index (χ3n) is 4.25. The van der Waals surface area contributed by atoms with Crippen LogP contribution in [0.5, 0.6) is 11.5 Å². The third kappa shape index (κ3) is 4.23. The second kappa shape index (κ2) is 8.71. The Morgan fingerprint density at radius 1 is 0.929 bits per heavy atom. The molecule has 0 aliphatic carbocycles. The number of methoxy groups -OCH3 is 2. The van der Waals surface area contributed by atoms with E-state index in [0.29, 0.717) is 21.9 Å². The maximum absolute atomic E-state index is 12.5. The molecule has 6 heteroatoms. The van der Waals surface area contributed by atoms with E-state index in [-0.39, 0.29) is 12.4 Å². The number of ether oxygens (including phenoxy) is 3. The summed E-state index contributed by atoms with van der Waals surface area (Å²) >= 11 is 1.29. The first-order chi connectivity index (χ1) is 13.5. The first-order valence-electron chi connectivity index (χ1n) is 8.60. The first-order valence-corrected chi connectivity index (χ1v) is 9.48. The summed E-state index contributed by atoms with van der Waals surface area (Å²) in [6.45, 7) is 1.66. The predicted molar refractivity (Wildman–Crippen MR) is 109 cm³/mol. The molecule has 3 aromatic rings. The smallest absolute Gasteiger partial charge is 0.349 e. The quantitative estimate of drug-likeness (QED) is 0.425. The Kier molecular flexibility index (Phi) is 6.11. The van der Waals surface area contributed by atoms with Crippen LogP contribution in [-0.4, -0.2) is 32.6 Å². The highest BCUT2D eigenvalue weighted by Gasteiger charge is 2.18. The summed E-state index contributed by atoms with van der Waals surface area (Å²) in [5, 5.41) is 1.84. The van der Waals surface area contributed by atoms with Crippen molar-refractivity contribution in [2.75, 3.05) is 20.8 Å². The first kappa shape index (κ1) is 19.6. The Balaban J connectivity index is 1.70. The summed E-state index contributed by atoms with van der Waals surface area (Å²) in [5.74, 6) is 0.138. The van der Waals surface area contributed by atoms with Crippen LogP contribution < -0.4 is 9.47 Å². The fourth-order valence-electron chi connectivity index (χ4n) is 2.72. The predicted octanol–water partition coefficient (Wildman–Crippen LogP) is 4.78. The Labute approximate surface area is 167 Å². The zero-order chi connectivity index (χ0) is 20.1. The average Bonchev–Trinajstić information content (AvgIpc) is 3.21. The summed E-state index contributed by atoms with van der Waals surface area (Å²) in [6, 6.07) is 14.6. The van der Waals surface area contributed by atoms with Crippen LogP contribution in [0.3, 0.4) is 0 Å². The van der Waals surface area contributed by atoms with Crippen LogP contribution in [0.4, 0.5) is 0 Å². The molecule has 28 heavy (non-hydrogen) atoms. The molecule has 0 aliphatic heterocycles. The second-order valence-corrected chi connectivity index (χ2v) is 7.01. The summed E-state index contributed by atoms with van der Waals surface area (Å²) in [7, 11) is 3.02. The molecule has 0 spiro atoms. The summed E-state index contributed by atoms with van der Waals surface area (Å²) in [4.78, 5) is 25.4. The molecule has 144 valence electrons. The summed E-state index contributed by atoms with van der Waals surface area (Å²) in [5.41, 5.74) is 3.26. The van der Waals surface area contributed by atoms with E-state index < -0.39 is 5.97 Å². The third-order valence-corrected chi connectivity index (χ3v) is 5.15. The topological polar surface area (TPSA) is 61.8 Å². The van der Waals surface area contributed by atoms with Gasteiger partial charge in [-0.3, -0.25) is 4.79 Å². The Morgan fingerprint density at radius 3 is 2.32 bits per heavy atom. The van der Waals surface area contributed by atoms with Crippen LogP contribution in [0.2, 0.25) is 0 Å². The van der Waals surface area contributed by atoms with Crippen molar-refractivity contribution in [2.24, 2.45) is 0 Å². The molecule has 0 saturated heterocycles. The number of hydrogen-bond donors (Lipinski definition) is 0. The monoisotopic (exact) mass is 396 g/mol. The van der Waals surface area contributed by atoms with Crippen molar-refractivity contribution >= 4 is 23.1 Å². The summed E-state index contributed by atoms with van der Waals surface area (Å²) in [6.07, 6.45) is 0. The molecule has 1 aromatic heterocycles. The number of hydrogen-bond acceptors (Lipinski definition) is 6. The van der Waals surface area contributed by atoms with E-state index in [9.17, 15) is 9.59 Å². The fraction of sp³-hybridized carbons (Fsp3) is 0.182. The lowest BCUT2D eigenvalue weighted by molar-refractivity contribution is 0.0480. The molecule has 0 radical (unpaired) electrons. The fourth-order valence-corrected chi connectivity index (χ4v) is 3.53. The molecular formula is C22H20O5S. The van der Waals surface area contributed by atoms with Gasteiger partial charge in [-0.1, -0.05) is 29.8 Å². The van der Waals surface area contributed by atoms with Gasteiger partial charge in [0.15, 0.2) is 23.9 Å². The molecule has 2 aromatic carbocycles. The second-order valence-electron chi connectivity index (χ2n) is 6.10. The number of Topliss-reactive ketones (excluding diaryl/α,β-unsaturated/α-hetero) is 1. The highest BCUT2D eigenvalue weighted by molar-refractivity contribution is 7.12. The minimum atomic E-state index is -0.514. The van der Waals surface area contributed by atoms with E-state index in [1.165, 1.54) is 25.6 Å². The SMILES string of the molecule is COc1ccc(C(=O)COC(=O)c2sccc2-c2ccc(C)cc2)cc1OC. The molecule has 0 saturated carbocycles. The number of benzene rings is 2. The van der Waals surface area contributed by atoms with Gasteiger partial charge in [0, 0.05) is 11.1 Å². The van der Waals surface area contributed by atoms with Crippen LogP contribution in [0.25, 0.3) is 11.1 Å². The summed E-state index contributed by atoms with van der Waals surface area (Å²) < 4.78 is 15.6. The number of esters is 1. The van der Waals surface area contributed by atoms with Crippen molar-refractivity contribution in [1.82, 2.24) is 0 Å². The van der Waals surface area contributed by atoms with E-state index in [2.05, 4.69) is 0 Å². The van der Waals surface area contributed by atoms with Gasteiger partial charge < -0.3 is 14.2 Å². The van der Waals surface area contributed by atoms with E-state index in [1.54, 1.807) is 18.2 Å². The number of aryl methyl sites for hydroxylation is 1. The van der Waals surface area contributed by atoms with Crippen LogP contribution in [0.1, 0.15) is 25.6 Å². The van der Waals surface area contributed by atoms with Gasteiger partial charge in [0.1, 0.15) is 4.88 Å². The highest BCUT2D eigenvalue weighted by Crippen LogP contribution is 2.30. The molecule has 5 nitrogen and oxygen atoms in total. The normalized spacial score (nSPS) is 10.4. The van der Waals surface area contributed by atoms with E-state index in [4.69, 9.17) is 14.2 Å². The largest absolute Gasteiger partial charge is 0.493 e. The average molecular weight is 396 g/mol. The van der Waals surface area contributed by atoms with Crippen molar-refractivity contribution in [1.29, 1.82) is 0 Å². The Hall–Kier alpha value is -3.12. The van der Waals surface area contributed by atoms with Crippen LogP contribution in [0, 0.1) is 6.92 Å². The van der Waals surface area contributed by atoms with Crippen molar-refractivity contribution in [3.05, 3.63) is 69.9 Å². The molecule has 0 amide bonds. The van der Waals surface area contributed by atoms with Gasteiger partial charge in [0.2, 0.25) is 0 Å². The Bertz CT molecular complexity index is 988. The van der Waals surface area contributed by atoms with Gasteiger partial charge in [-0.2, -0.15) is 0 Å². The van der Waals surface area contributed by atoms with Gasteiger partial charge in [0.05, 0.1) is 14.2 Å². The van der Waals surface area contributed by atoms with E-state index in [0.717, 1.165) is 16.7 Å². The van der Waals surface area contributed by atoms with Gasteiger partial charge in [0.25, 0.3) is 0 Å². The lowest BCUT2D eigenvalue weighted by atomic mass is 10.1. The molecule has 0 atom stereocenters. The lowest BCUT2D eigenvalue weighted by Crippen LogP contribution is -2.14. The number of ketones is 1. The number of thiophene rings is 1. The number of carbonyl (C=O) groups is 2. The van der Waals surface area contributed by atoms with Crippen LogP contribution in [-0.2, 0) is 4.74 Å². The molecule has 0 fully saturated rings. The molecule has 0 bridgehead atoms. The van der Waals surface area contributed by atoms with Gasteiger partial charge in [-0.05, 0) is 42.1 Å². The van der Waals surface area contributed by atoms with Crippen molar-refractivity contribution in [2.45, 2.75) is 6.92 Å². The van der Waals surface area contributed by atoms with Gasteiger partial charge >= 0.3 is 5.97 Å². The number of rotatable bonds is 7. The van der Waals surface area contributed by atoms with Crippen molar-refractivity contribution < 1.29 is 23.8 Å². The highest BCUT2D eigenvalue weighted by atomic mass is 32.1. The molecule has 3 rings (SSSR count). The molecular weight excluding hydrogens is 376 g/mol. The molecule has 0 unspecified atom stereocenters. The number of carbonyl (C=O) groups excluding carboxylic acids is 2. The Morgan fingerprint density at radius 2 is 1.64 bits per heavy atom. The molecule has 0 N–H and O–H groups in total. The maximum Gasteiger partial charge on any atom is 0.349 e. The molecule has 1 heterocycles.